The molecule has 1 aromatic heterocycles. The van der Waals surface area contributed by atoms with Crippen LogP contribution in [0.4, 0.5) is 5.82 Å². The number of aromatic nitrogens is 1. The van der Waals surface area contributed by atoms with Crippen LogP contribution in [0.25, 0.3) is 5.53 Å². The summed E-state index contributed by atoms with van der Waals surface area (Å²) < 4.78 is 4.86. The molecule has 0 aliphatic carbocycles. The third-order valence-electron chi connectivity index (χ3n) is 8.20. The number of esters is 1. The molecule has 4 rings (SSSR count). The minimum Gasteiger partial charge on any atom is -0.705 e. The van der Waals surface area contributed by atoms with Crippen LogP contribution in [0.3, 0.4) is 0 Å². The van der Waals surface area contributed by atoms with Crippen molar-refractivity contribution in [2.24, 2.45) is 5.11 Å². The molecule has 1 atom stereocenters. The molecule has 293 valence electrons. The van der Waals surface area contributed by atoms with Gasteiger partial charge in [-0.25, -0.2) is 9.78 Å². The maximum Gasteiger partial charge on any atom is 0.328 e. The summed E-state index contributed by atoms with van der Waals surface area (Å²) in [6.45, 7) is -1.57. The smallest absolute Gasteiger partial charge is 0.328 e. The molecule has 3 aromatic carbocycles. The van der Waals surface area contributed by atoms with Crippen molar-refractivity contribution in [2.45, 2.75) is 30.8 Å². The van der Waals surface area contributed by atoms with Gasteiger partial charge in [-0.15, -0.1) is 0 Å². The average molecular weight is 859 g/mol. The molecule has 1 unspecified atom stereocenters. The molecule has 4 aromatic rings. The quantitative estimate of drug-likeness (QED) is 0.0308. The summed E-state index contributed by atoms with van der Waals surface area (Å²) >= 11 is 0. The number of pyridine rings is 1. The van der Waals surface area contributed by atoms with Gasteiger partial charge in [0, 0.05) is 32.8 Å². The minimum absolute atomic E-state index is 0. The molecule has 0 saturated heterocycles. The van der Waals surface area contributed by atoms with Crippen LogP contribution in [-0.4, -0.2) is 101 Å². The summed E-state index contributed by atoms with van der Waals surface area (Å²) in [4.78, 5) is 52.2. The molecule has 0 aliphatic heterocycles. The zero-order chi connectivity index (χ0) is 39.3. The minimum atomic E-state index is -1.42. The van der Waals surface area contributed by atoms with E-state index in [4.69, 9.17) is 30.7 Å². The number of aliphatic carboxylic acids is 1. The molecule has 0 fully saturated rings. The Kier molecular flexibility index (Phi) is 20.7. The van der Waals surface area contributed by atoms with Gasteiger partial charge in [-0.2, -0.15) is 0 Å². The van der Waals surface area contributed by atoms with Crippen LogP contribution in [0.2, 0.25) is 0 Å². The summed E-state index contributed by atoms with van der Waals surface area (Å²) in [5.41, 5.74) is 8.32. The predicted molar refractivity (Wildman–Crippen MR) is 205 cm³/mol. The Balaban J connectivity index is 0.000000694. The summed E-state index contributed by atoms with van der Waals surface area (Å²) in [5.74, 6) is -2.26. The van der Waals surface area contributed by atoms with Crippen molar-refractivity contribution in [1.29, 1.82) is 0 Å². The van der Waals surface area contributed by atoms with E-state index in [1.807, 2.05) is 60.7 Å². The number of carboxylic acids is 1. The van der Waals surface area contributed by atoms with Crippen molar-refractivity contribution in [3.63, 3.8) is 0 Å². The van der Waals surface area contributed by atoms with Crippen molar-refractivity contribution in [3.8, 4) is 0 Å². The number of carbonyl (C=O) groups is 4. The maximum atomic E-state index is 13.4. The second-order valence-corrected chi connectivity index (χ2v) is 14.4. The van der Waals surface area contributed by atoms with E-state index in [0.29, 0.717) is 31.4 Å². The Bertz CT molecular complexity index is 1760. The molecule has 7 N–H and O–H groups in total. The first-order chi connectivity index (χ1) is 26.1. The molecule has 0 bridgehead atoms. The molecule has 0 saturated carbocycles. The molecule has 2 amide bonds. The molecule has 17 heteroatoms. The second-order valence-electron chi connectivity index (χ2n) is 12.0. The van der Waals surface area contributed by atoms with Crippen LogP contribution in [0.5, 0.6) is 0 Å². The number of benzene rings is 3. The fourth-order valence-electron chi connectivity index (χ4n) is 5.15. The van der Waals surface area contributed by atoms with Crippen LogP contribution in [0, 0.1) is 0 Å². The number of rotatable bonds is 19. The van der Waals surface area contributed by atoms with Gasteiger partial charge in [0.15, 0.2) is 0 Å². The second kappa shape index (κ2) is 24.6. The third-order valence-corrected chi connectivity index (χ3v) is 11.0. The van der Waals surface area contributed by atoms with E-state index in [2.05, 4.69) is 50.3 Å². The fraction of sp³-hybridized carbons (Fsp3) is 0.289. The Morgan fingerprint density at radius 2 is 1.42 bits per heavy atom. The third kappa shape index (κ3) is 14.4. The Morgan fingerprint density at radius 1 is 0.836 bits per heavy atom. The van der Waals surface area contributed by atoms with Crippen LogP contribution < -0.4 is 31.9 Å². The van der Waals surface area contributed by atoms with Crippen LogP contribution in [0.1, 0.15) is 40.0 Å². The SMILES string of the molecule is COC(=O)C(CCCCNC(=O)c1ccccc1[PH+](c1ccccc1)c1ccccc1)NC(=O)c1ccc(N=[N-])nc1.O=C(O)CNC(CO)(CO)CO.[Tc]. The summed E-state index contributed by atoms with van der Waals surface area (Å²) in [7, 11) is -0.159. The van der Waals surface area contributed by atoms with Crippen molar-refractivity contribution < 1.29 is 64.4 Å². The normalized spacial score (nSPS) is 11.2. The van der Waals surface area contributed by atoms with Gasteiger partial charge >= 0.3 is 11.9 Å². The van der Waals surface area contributed by atoms with Gasteiger partial charge in [-0.3, -0.25) is 19.7 Å². The van der Waals surface area contributed by atoms with E-state index in [1.54, 1.807) is 0 Å². The number of unbranched alkanes of at least 4 members (excludes halogenated alkanes) is 1. The number of methoxy groups -OCH3 is 1. The van der Waals surface area contributed by atoms with Crippen molar-refractivity contribution in [3.05, 3.63) is 120 Å². The first-order valence-corrected chi connectivity index (χ1v) is 18.5. The van der Waals surface area contributed by atoms with Crippen molar-refractivity contribution >= 4 is 53.4 Å². The van der Waals surface area contributed by atoms with Crippen LogP contribution in [-0.2, 0) is 34.4 Å². The number of hydrogen-bond donors (Lipinski definition) is 7. The average Bonchev–Trinajstić information content (AvgIpc) is 3.22. The fourth-order valence-corrected chi connectivity index (χ4v) is 7.89. The van der Waals surface area contributed by atoms with Gasteiger partial charge in [0.05, 0.1) is 58.1 Å². The van der Waals surface area contributed by atoms with Gasteiger partial charge in [0.2, 0.25) is 0 Å². The largest absolute Gasteiger partial charge is 0.705 e. The standard InChI is InChI=1S/C32H31N5O4P.C6H13NO5.Tc/c1-41-32(40)27(36-30(38)23-19-20-29(37-33)35-22-23)17-10-11-21-34-31(39)26-16-8-9-18-28(26)42(24-12-4-2-5-13-24)25-14-6-3-7-15-25;8-2-6(3-9,4-10)7-1-5(11)12;/h2-9,12-16,18-20,22,27H,10-11,17,21H2,1H3,(H,34,39)(H,36,38);7-10H,1-4H2,(H,11,12);/q-1;;/p+1. The van der Waals surface area contributed by atoms with Gasteiger partial charge in [0.25, 0.3) is 11.8 Å². The van der Waals surface area contributed by atoms with Crippen LogP contribution in [0.15, 0.2) is 108 Å². The van der Waals surface area contributed by atoms with Gasteiger partial charge < -0.3 is 46.4 Å². The topological polar surface area (TPSA) is 242 Å². The molecule has 55 heavy (non-hydrogen) atoms. The van der Waals surface area contributed by atoms with Gasteiger partial charge in [-0.05, 0) is 67.8 Å². The molecule has 0 spiro atoms. The zero-order valence-electron chi connectivity index (χ0n) is 30.1. The predicted octanol–water partition coefficient (Wildman–Crippen LogP) is 1.47. The summed E-state index contributed by atoms with van der Waals surface area (Å²) in [5, 5.41) is 48.8. The first kappa shape index (κ1) is 46.4. The molecule has 1 radical (unpaired) electrons. The Labute approximate surface area is 333 Å². The number of carboxylic acid groups (broad SMARTS) is 1. The van der Waals surface area contributed by atoms with E-state index >= 15 is 0 Å². The first-order valence-electron chi connectivity index (χ1n) is 17.0. The molecule has 0 aliphatic rings. The number of ether oxygens (including phenoxy) is 1. The molecular formula is C38H45N6O9PTc. The number of amides is 2. The summed E-state index contributed by atoms with van der Waals surface area (Å²) in [6.07, 6.45) is 2.75. The van der Waals surface area contributed by atoms with Crippen molar-refractivity contribution in [1.82, 2.24) is 20.9 Å². The van der Waals surface area contributed by atoms with Crippen LogP contribution >= 0.6 is 7.92 Å². The van der Waals surface area contributed by atoms with Crippen molar-refractivity contribution in [2.75, 3.05) is 40.0 Å². The Morgan fingerprint density at radius 3 is 1.93 bits per heavy atom. The number of aliphatic hydroxyl groups is 3. The zero-order valence-corrected chi connectivity index (χ0v) is 33.0. The number of aliphatic hydroxyl groups excluding tert-OH is 3. The maximum absolute atomic E-state index is 13.4. The van der Waals surface area contributed by atoms with E-state index in [9.17, 15) is 19.2 Å². The van der Waals surface area contributed by atoms with Gasteiger partial charge in [0.1, 0.15) is 27.8 Å². The number of hydrogen-bond acceptors (Lipinski definition) is 11. The summed E-state index contributed by atoms with van der Waals surface area (Å²) in [6, 6.07) is 30.2. The molecule has 15 nitrogen and oxygen atoms in total. The van der Waals surface area contributed by atoms with E-state index in [0.717, 1.165) is 5.30 Å². The van der Waals surface area contributed by atoms with E-state index in [1.165, 1.54) is 36.0 Å². The van der Waals surface area contributed by atoms with E-state index < -0.39 is 63.7 Å². The monoisotopic (exact) mass is 857 g/mol. The Hall–Kier alpha value is -4.79. The molecule has 1 heterocycles. The number of carbonyl (C=O) groups excluding carboxylic acids is 3. The van der Waals surface area contributed by atoms with E-state index in [-0.39, 0.29) is 37.4 Å². The molecular weight excluding hydrogens is 813 g/mol. The number of nitrogens with one attached hydrogen (secondary N) is 3. The van der Waals surface area contributed by atoms with Gasteiger partial charge in [-0.1, -0.05) is 48.5 Å². The number of nitrogens with zero attached hydrogens (tertiary/aromatic N) is 3.